The number of benzene rings is 1. The standard InChI is InChI=1S/C16H24BrN3O.ClH/c1-2-4-15(18)16(21)19-10-12-7-8-20(11-12)14-6-3-5-13(17)9-14;/h3,5-6,9,12,15H,2,4,7-8,10-11,18H2,1H3,(H,19,21);1H. The number of hydrogen-bond donors (Lipinski definition) is 2. The second-order valence-electron chi connectivity index (χ2n) is 5.72. The Kier molecular flexibility index (Phi) is 8.21. The third-order valence-corrected chi connectivity index (χ3v) is 4.45. The molecule has 4 nitrogen and oxygen atoms in total. The Morgan fingerprint density at radius 3 is 3.00 bits per heavy atom. The smallest absolute Gasteiger partial charge is 0.236 e. The minimum absolute atomic E-state index is 0. The van der Waals surface area contributed by atoms with E-state index in [-0.39, 0.29) is 24.4 Å². The Balaban J connectivity index is 0.00000242. The molecule has 1 heterocycles. The van der Waals surface area contributed by atoms with Crippen molar-refractivity contribution in [2.75, 3.05) is 24.5 Å². The second kappa shape index (κ2) is 9.38. The van der Waals surface area contributed by atoms with Gasteiger partial charge in [-0.1, -0.05) is 35.3 Å². The van der Waals surface area contributed by atoms with Crippen LogP contribution in [0.25, 0.3) is 0 Å². The van der Waals surface area contributed by atoms with E-state index in [1.807, 2.05) is 13.0 Å². The van der Waals surface area contributed by atoms with E-state index >= 15 is 0 Å². The highest BCUT2D eigenvalue weighted by atomic mass is 79.9. The molecule has 0 bridgehead atoms. The Bertz CT molecular complexity index is 486. The summed E-state index contributed by atoms with van der Waals surface area (Å²) in [6.07, 6.45) is 2.80. The molecule has 1 saturated heterocycles. The number of anilines is 1. The number of amides is 1. The largest absolute Gasteiger partial charge is 0.371 e. The van der Waals surface area contributed by atoms with Crippen molar-refractivity contribution in [3.63, 3.8) is 0 Å². The van der Waals surface area contributed by atoms with Crippen LogP contribution in [-0.4, -0.2) is 31.6 Å². The normalized spacial score (nSPS) is 18.7. The number of carbonyl (C=O) groups is 1. The van der Waals surface area contributed by atoms with Crippen LogP contribution in [0.1, 0.15) is 26.2 Å². The molecule has 1 fully saturated rings. The van der Waals surface area contributed by atoms with E-state index in [2.05, 4.69) is 44.3 Å². The van der Waals surface area contributed by atoms with E-state index in [4.69, 9.17) is 5.73 Å². The van der Waals surface area contributed by atoms with Crippen LogP contribution in [0.15, 0.2) is 28.7 Å². The summed E-state index contributed by atoms with van der Waals surface area (Å²) in [6.45, 7) is 4.79. The highest BCUT2D eigenvalue weighted by molar-refractivity contribution is 9.10. The second-order valence-corrected chi connectivity index (χ2v) is 6.64. The lowest BCUT2D eigenvalue weighted by atomic mass is 10.1. The van der Waals surface area contributed by atoms with Gasteiger partial charge in [0.05, 0.1) is 6.04 Å². The van der Waals surface area contributed by atoms with Gasteiger partial charge in [0.2, 0.25) is 5.91 Å². The van der Waals surface area contributed by atoms with Gasteiger partial charge in [-0.25, -0.2) is 0 Å². The molecule has 2 unspecified atom stereocenters. The number of rotatable bonds is 6. The highest BCUT2D eigenvalue weighted by Gasteiger charge is 2.23. The van der Waals surface area contributed by atoms with Crippen molar-refractivity contribution in [2.45, 2.75) is 32.2 Å². The van der Waals surface area contributed by atoms with Gasteiger partial charge in [-0.05, 0) is 37.0 Å². The number of nitrogens with two attached hydrogens (primary N) is 1. The lowest BCUT2D eigenvalue weighted by Gasteiger charge is -2.19. The summed E-state index contributed by atoms with van der Waals surface area (Å²) in [5.41, 5.74) is 7.06. The van der Waals surface area contributed by atoms with Crippen molar-refractivity contribution in [2.24, 2.45) is 11.7 Å². The average molecular weight is 391 g/mol. The molecule has 1 aromatic carbocycles. The molecule has 3 N–H and O–H groups in total. The van der Waals surface area contributed by atoms with Crippen LogP contribution in [0.4, 0.5) is 5.69 Å². The lowest BCUT2D eigenvalue weighted by molar-refractivity contribution is -0.122. The van der Waals surface area contributed by atoms with E-state index in [1.54, 1.807) is 0 Å². The van der Waals surface area contributed by atoms with Gasteiger partial charge in [0.15, 0.2) is 0 Å². The van der Waals surface area contributed by atoms with Gasteiger partial charge in [0.25, 0.3) is 0 Å². The quantitative estimate of drug-likeness (QED) is 0.785. The lowest BCUT2D eigenvalue weighted by Crippen LogP contribution is -2.42. The summed E-state index contributed by atoms with van der Waals surface area (Å²) in [5.74, 6) is 0.486. The zero-order valence-electron chi connectivity index (χ0n) is 12.9. The van der Waals surface area contributed by atoms with Crippen molar-refractivity contribution in [1.82, 2.24) is 5.32 Å². The Morgan fingerprint density at radius 1 is 1.55 bits per heavy atom. The van der Waals surface area contributed by atoms with Gasteiger partial charge in [0.1, 0.15) is 0 Å². The summed E-state index contributed by atoms with van der Waals surface area (Å²) in [5, 5.41) is 2.99. The van der Waals surface area contributed by atoms with Gasteiger partial charge in [0, 0.05) is 29.8 Å². The van der Waals surface area contributed by atoms with Gasteiger partial charge in [-0.15, -0.1) is 12.4 Å². The summed E-state index contributed by atoms with van der Waals surface area (Å²) in [6, 6.07) is 7.99. The number of carbonyl (C=O) groups excluding carboxylic acids is 1. The fourth-order valence-electron chi connectivity index (χ4n) is 2.72. The van der Waals surface area contributed by atoms with Gasteiger partial charge >= 0.3 is 0 Å². The minimum atomic E-state index is -0.363. The first-order valence-corrected chi connectivity index (χ1v) is 8.43. The molecule has 22 heavy (non-hydrogen) atoms. The molecule has 6 heteroatoms. The van der Waals surface area contributed by atoms with Crippen molar-refractivity contribution in [1.29, 1.82) is 0 Å². The Hall–Kier alpha value is -0.780. The molecule has 2 rings (SSSR count). The topological polar surface area (TPSA) is 58.4 Å². The van der Waals surface area contributed by atoms with Crippen LogP contribution in [0.2, 0.25) is 0 Å². The number of nitrogens with one attached hydrogen (secondary N) is 1. The number of hydrogen-bond acceptors (Lipinski definition) is 3. The van der Waals surface area contributed by atoms with Crippen molar-refractivity contribution < 1.29 is 4.79 Å². The molecular weight excluding hydrogens is 366 g/mol. The molecule has 1 amide bonds. The molecule has 0 aromatic heterocycles. The predicted octanol–water partition coefficient (Wildman–Crippen LogP) is 2.94. The fourth-order valence-corrected chi connectivity index (χ4v) is 3.11. The van der Waals surface area contributed by atoms with E-state index in [0.717, 1.165) is 43.4 Å². The monoisotopic (exact) mass is 389 g/mol. The van der Waals surface area contributed by atoms with Crippen LogP contribution in [0.5, 0.6) is 0 Å². The zero-order chi connectivity index (χ0) is 15.2. The van der Waals surface area contributed by atoms with Crippen LogP contribution >= 0.6 is 28.3 Å². The van der Waals surface area contributed by atoms with Gasteiger partial charge < -0.3 is 16.0 Å². The van der Waals surface area contributed by atoms with Crippen molar-refractivity contribution in [3.05, 3.63) is 28.7 Å². The average Bonchev–Trinajstić information content (AvgIpc) is 2.94. The molecule has 0 aliphatic carbocycles. The molecule has 0 saturated carbocycles. The molecule has 124 valence electrons. The maximum Gasteiger partial charge on any atom is 0.236 e. The van der Waals surface area contributed by atoms with Crippen LogP contribution < -0.4 is 16.0 Å². The molecule has 1 aromatic rings. The molecule has 0 spiro atoms. The zero-order valence-corrected chi connectivity index (χ0v) is 15.3. The van der Waals surface area contributed by atoms with Crippen LogP contribution in [0.3, 0.4) is 0 Å². The maximum absolute atomic E-state index is 11.8. The van der Waals surface area contributed by atoms with Crippen LogP contribution in [-0.2, 0) is 4.79 Å². The third-order valence-electron chi connectivity index (χ3n) is 3.96. The Morgan fingerprint density at radius 2 is 2.32 bits per heavy atom. The Labute approximate surface area is 147 Å². The molecule has 1 aliphatic heterocycles. The van der Waals surface area contributed by atoms with E-state index in [1.165, 1.54) is 5.69 Å². The molecule has 2 atom stereocenters. The predicted molar refractivity (Wildman–Crippen MR) is 97.6 cm³/mol. The number of nitrogens with zero attached hydrogens (tertiary/aromatic N) is 1. The van der Waals surface area contributed by atoms with Crippen molar-refractivity contribution >= 4 is 39.9 Å². The number of halogens is 2. The van der Waals surface area contributed by atoms with Gasteiger partial charge in [-0.3, -0.25) is 4.79 Å². The molecule has 1 aliphatic rings. The first-order chi connectivity index (χ1) is 10.1. The molecular formula is C16H25BrClN3O. The molecule has 0 radical (unpaired) electrons. The minimum Gasteiger partial charge on any atom is -0.371 e. The van der Waals surface area contributed by atoms with Crippen LogP contribution in [0, 0.1) is 5.92 Å². The summed E-state index contributed by atoms with van der Waals surface area (Å²) in [4.78, 5) is 14.2. The fraction of sp³-hybridized carbons (Fsp3) is 0.562. The van der Waals surface area contributed by atoms with Crippen molar-refractivity contribution in [3.8, 4) is 0 Å². The maximum atomic E-state index is 11.8. The SMILES string of the molecule is CCCC(N)C(=O)NCC1CCN(c2cccc(Br)c2)C1.Cl. The first-order valence-electron chi connectivity index (χ1n) is 7.64. The first kappa shape index (κ1) is 19.3. The van der Waals surface area contributed by atoms with E-state index in [0.29, 0.717) is 5.92 Å². The third kappa shape index (κ3) is 5.45. The summed E-state index contributed by atoms with van der Waals surface area (Å²) < 4.78 is 1.10. The van der Waals surface area contributed by atoms with E-state index in [9.17, 15) is 4.79 Å². The summed E-state index contributed by atoms with van der Waals surface area (Å²) >= 11 is 3.51. The van der Waals surface area contributed by atoms with Gasteiger partial charge in [-0.2, -0.15) is 0 Å². The summed E-state index contributed by atoms with van der Waals surface area (Å²) in [7, 11) is 0. The van der Waals surface area contributed by atoms with E-state index < -0.39 is 0 Å². The highest BCUT2D eigenvalue weighted by Crippen LogP contribution is 2.25.